The molecule has 1 aromatic rings. The molecule has 0 radical (unpaired) electrons. The molecule has 21 heavy (non-hydrogen) atoms. The van der Waals surface area contributed by atoms with Crippen LogP contribution in [0.2, 0.25) is 0 Å². The Morgan fingerprint density at radius 1 is 1.43 bits per heavy atom. The largest absolute Gasteiger partial charge is 0.390 e. The predicted molar refractivity (Wildman–Crippen MR) is 80.7 cm³/mol. The van der Waals surface area contributed by atoms with Gasteiger partial charge in [0, 0.05) is 12.2 Å². The quantitative estimate of drug-likeness (QED) is 0.899. The first-order valence-corrected chi connectivity index (χ1v) is 7.36. The van der Waals surface area contributed by atoms with Crippen molar-refractivity contribution in [2.75, 3.05) is 25.0 Å². The molecule has 0 spiro atoms. The molecule has 1 atom stereocenters. The molecule has 1 saturated heterocycles. The number of aryl methyl sites for hydroxylation is 1. The average molecular weight is 294 g/mol. The zero-order valence-corrected chi connectivity index (χ0v) is 12.7. The summed E-state index contributed by atoms with van der Waals surface area (Å²) in [4.78, 5) is 14.1. The van der Waals surface area contributed by atoms with Gasteiger partial charge in [0.1, 0.15) is 5.82 Å². The fourth-order valence-electron chi connectivity index (χ4n) is 2.60. The summed E-state index contributed by atoms with van der Waals surface area (Å²) in [5, 5.41) is 12.8. The van der Waals surface area contributed by atoms with E-state index in [1.807, 2.05) is 18.7 Å². The lowest BCUT2D eigenvalue weighted by atomic mass is 9.98. The van der Waals surface area contributed by atoms with Gasteiger partial charge in [-0.05, 0) is 57.4 Å². The van der Waals surface area contributed by atoms with Crippen molar-refractivity contribution in [3.05, 3.63) is 29.6 Å². The Balaban J connectivity index is 1.91. The van der Waals surface area contributed by atoms with Crippen LogP contribution in [0.15, 0.2) is 18.2 Å². The monoisotopic (exact) mass is 294 g/mol. The van der Waals surface area contributed by atoms with Gasteiger partial charge in [-0.2, -0.15) is 0 Å². The highest BCUT2D eigenvalue weighted by atomic mass is 19.1. The van der Waals surface area contributed by atoms with Crippen molar-refractivity contribution in [1.29, 1.82) is 0 Å². The van der Waals surface area contributed by atoms with Crippen molar-refractivity contribution in [1.82, 2.24) is 4.90 Å². The first-order chi connectivity index (χ1) is 9.85. The van der Waals surface area contributed by atoms with E-state index in [0.29, 0.717) is 18.7 Å². The van der Waals surface area contributed by atoms with Crippen molar-refractivity contribution in [2.45, 2.75) is 38.7 Å². The smallest absolute Gasteiger partial charge is 0.238 e. The normalized spacial score (nSPS) is 23.6. The molecule has 1 amide bonds. The third-order valence-electron chi connectivity index (χ3n) is 4.00. The van der Waals surface area contributed by atoms with Gasteiger partial charge in [-0.25, -0.2) is 4.39 Å². The summed E-state index contributed by atoms with van der Waals surface area (Å²) in [6, 6.07) is 4.36. The Labute approximate surface area is 125 Å². The molecule has 0 bridgehead atoms. The van der Waals surface area contributed by atoms with Crippen LogP contribution in [0, 0.1) is 12.7 Å². The summed E-state index contributed by atoms with van der Waals surface area (Å²) >= 11 is 0. The van der Waals surface area contributed by atoms with Crippen LogP contribution in [0.25, 0.3) is 0 Å². The SMILES string of the molecule is Cc1ccc(F)cc1NC(=O)CN1CCCC(C)(O)CC1. The molecule has 0 aliphatic carbocycles. The number of aliphatic hydroxyl groups is 1. The summed E-state index contributed by atoms with van der Waals surface area (Å²) in [5.41, 5.74) is 0.718. The van der Waals surface area contributed by atoms with Crippen molar-refractivity contribution < 1.29 is 14.3 Å². The fourth-order valence-corrected chi connectivity index (χ4v) is 2.60. The van der Waals surface area contributed by atoms with Crippen molar-refractivity contribution >= 4 is 11.6 Å². The highest BCUT2D eigenvalue weighted by molar-refractivity contribution is 5.92. The minimum atomic E-state index is -0.635. The lowest BCUT2D eigenvalue weighted by Crippen LogP contribution is -2.35. The van der Waals surface area contributed by atoms with Gasteiger partial charge in [0.2, 0.25) is 5.91 Å². The predicted octanol–water partition coefficient (Wildman–Crippen LogP) is 2.31. The van der Waals surface area contributed by atoms with E-state index < -0.39 is 5.60 Å². The van der Waals surface area contributed by atoms with E-state index in [4.69, 9.17) is 0 Å². The van der Waals surface area contributed by atoms with E-state index >= 15 is 0 Å². The number of anilines is 1. The van der Waals surface area contributed by atoms with Crippen LogP contribution >= 0.6 is 0 Å². The van der Waals surface area contributed by atoms with Crippen LogP contribution in [-0.2, 0) is 4.79 Å². The van der Waals surface area contributed by atoms with Gasteiger partial charge >= 0.3 is 0 Å². The molecule has 1 aliphatic rings. The van der Waals surface area contributed by atoms with Crippen LogP contribution in [0.4, 0.5) is 10.1 Å². The number of halogens is 1. The molecule has 5 heteroatoms. The molecule has 1 heterocycles. The summed E-state index contributed by atoms with van der Waals surface area (Å²) < 4.78 is 13.2. The van der Waals surface area contributed by atoms with Gasteiger partial charge in [-0.3, -0.25) is 9.69 Å². The van der Waals surface area contributed by atoms with E-state index in [9.17, 15) is 14.3 Å². The van der Waals surface area contributed by atoms with Crippen LogP contribution < -0.4 is 5.32 Å². The maximum absolute atomic E-state index is 13.2. The van der Waals surface area contributed by atoms with Gasteiger partial charge in [-0.1, -0.05) is 6.07 Å². The Morgan fingerprint density at radius 2 is 2.19 bits per heavy atom. The molecule has 2 rings (SSSR count). The number of carbonyl (C=O) groups excluding carboxylic acids is 1. The van der Waals surface area contributed by atoms with E-state index in [1.165, 1.54) is 12.1 Å². The molecular formula is C16H23FN2O2. The van der Waals surface area contributed by atoms with Crippen LogP contribution in [-0.4, -0.2) is 41.1 Å². The Kier molecular flexibility index (Phi) is 4.96. The summed E-state index contributed by atoms with van der Waals surface area (Å²) in [6.45, 7) is 5.44. The number of amides is 1. The minimum Gasteiger partial charge on any atom is -0.390 e. The van der Waals surface area contributed by atoms with Gasteiger partial charge in [0.15, 0.2) is 0 Å². The number of hydrogen-bond donors (Lipinski definition) is 2. The molecule has 0 aromatic heterocycles. The lowest BCUT2D eigenvalue weighted by Gasteiger charge is -2.22. The molecule has 116 valence electrons. The van der Waals surface area contributed by atoms with Gasteiger partial charge in [-0.15, -0.1) is 0 Å². The number of nitrogens with one attached hydrogen (secondary N) is 1. The highest BCUT2D eigenvalue weighted by Crippen LogP contribution is 2.21. The van der Waals surface area contributed by atoms with Crippen LogP contribution in [0.1, 0.15) is 31.7 Å². The molecular weight excluding hydrogens is 271 g/mol. The second-order valence-corrected chi connectivity index (χ2v) is 6.13. The van der Waals surface area contributed by atoms with E-state index in [0.717, 1.165) is 24.9 Å². The third kappa shape index (κ3) is 4.79. The van der Waals surface area contributed by atoms with E-state index in [2.05, 4.69) is 5.32 Å². The number of nitrogens with zero attached hydrogens (tertiary/aromatic N) is 1. The summed E-state index contributed by atoms with van der Waals surface area (Å²) in [5.74, 6) is -0.507. The summed E-state index contributed by atoms with van der Waals surface area (Å²) in [6.07, 6.45) is 2.30. The molecule has 1 aliphatic heterocycles. The molecule has 1 aromatic carbocycles. The topological polar surface area (TPSA) is 52.6 Å². The highest BCUT2D eigenvalue weighted by Gasteiger charge is 2.25. The Bertz CT molecular complexity index is 517. The van der Waals surface area contributed by atoms with Gasteiger partial charge in [0.05, 0.1) is 12.1 Å². The number of benzene rings is 1. The third-order valence-corrected chi connectivity index (χ3v) is 4.00. The number of hydrogen-bond acceptors (Lipinski definition) is 3. The first-order valence-electron chi connectivity index (χ1n) is 7.36. The fraction of sp³-hybridized carbons (Fsp3) is 0.562. The molecule has 1 unspecified atom stereocenters. The van der Waals surface area contributed by atoms with Gasteiger partial charge < -0.3 is 10.4 Å². The Hall–Kier alpha value is -1.46. The van der Waals surface area contributed by atoms with Crippen LogP contribution in [0.5, 0.6) is 0 Å². The number of likely N-dealkylation sites (tertiary alicyclic amines) is 1. The van der Waals surface area contributed by atoms with Crippen molar-refractivity contribution in [3.63, 3.8) is 0 Å². The maximum atomic E-state index is 13.2. The van der Waals surface area contributed by atoms with Crippen LogP contribution in [0.3, 0.4) is 0 Å². The lowest BCUT2D eigenvalue weighted by molar-refractivity contribution is -0.117. The Morgan fingerprint density at radius 3 is 2.95 bits per heavy atom. The number of rotatable bonds is 3. The van der Waals surface area contributed by atoms with E-state index in [1.54, 1.807) is 6.07 Å². The minimum absolute atomic E-state index is 0.148. The maximum Gasteiger partial charge on any atom is 0.238 e. The van der Waals surface area contributed by atoms with E-state index in [-0.39, 0.29) is 18.3 Å². The molecule has 4 nitrogen and oxygen atoms in total. The second kappa shape index (κ2) is 6.54. The average Bonchev–Trinajstić information content (AvgIpc) is 2.55. The first kappa shape index (κ1) is 15.9. The van der Waals surface area contributed by atoms with Crippen molar-refractivity contribution in [3.8, 4) is 0 Å². The number of carbonyl (C=O) groups is 1. The van der Waals surface area contributed by atoms with Gasteiger partial charge in [0.25, 0.3) is 0 Å². The molecule has 0 saturated carbocycles. The zero-order valence-electron chi connectivity index (χ0n) is 12.7. The second-order valence-electron chi connectivity index (χ2n) is 6.13. The molecule has 1 fully saturated rings. The molecule has 2 N–H and O–H groups in total. The zero-order chi connectivity index (χ0) is 15.5. The summed E-state index contributed by atoms with van der Waals surface area (Å²) in [7, 11) is 0. The standard InChI is InChI=1S/C16H23FN2O2/c1-12-4-5-13(17)10-14(12)18-15(20)11-19-8-3-6-16(2,21)7-9-19/h4-5,10,21H,3,6-9,11H2,1-2H3,(H,18,20). The van der Waals surface area contributed by atoms with Crippen molar-refractivity contribution in [2.24, 2.45) is 0 Å².